The van der Waals surface area contributed by atoms with Crippen molar-refractivity contribution in [3.8, 4) is 16.8 Å². The molecule has 4 aromatic heterocycles. The summed E-state index contributed by atoms with van der Waals surface area (Å²) >= 11 is 0. The maximum Gasteiger partial charge on any atom is 0.451 e. The first-order valence-corrected chi connectivity index (χ1v) is 10.3. The summed E-state index contributed by atoms with van der Waals surface area (Å²) in [6.45, 7) is 1.99. The SMILES string of the molecule is CC[C@@H](c1cn(-c2ccccc2)nn1)n1cc(-c2cnc(C(F)(F)F)nc2)c2c(N)ncnc21. The van der Waals surface area contributed by atoms with Gasteiger partial charge in [0.2, 0.25) is 5.82 Å². The predicted octanol–water partition coefficient (Wildman–Crippen LogP) is 4.07. The molecule has 1 aromatic carbocycles. The number of rotatable bonds is 5. The normalized spacial score (nSPS) is 12.8. The fraction of sp³-hybridized carbons (Fsp3) is 0.182. The van der Waals surface area contributed by atoms with Crippen LogP contribution in [0.15, 0.2) is 61.4 Å². The molecule has 0 amide bonds. The molecule has 5 rings (SSSR count). The van der Waals surface area contributed by atoms with E-state index >= 15 is 0 Å². The van der Waals surface area contributed by atoms with E-state index in [4.69, 9.17) is 5.73 Å². The fourth-order valence-corrected chi connectivity index (χ4v) is 3.86. The van der Waals surface area contributed by atoms with Gasteiger partial charge in [-0.2, -0.15) is 13.2 Å². The molecule has 0 radical (unpaired) electrons. The van der Waals surface area contributed by atoms with Crippen molar-refractivity contribution in [2.75, 3.05) is 5.73 Å². The zero-order valence-corrected chi connectivity index (χ0v) is 17.8. The van der Waals surface area contributed by atoms with Gasteiger partial charge >= 0.3 is 6.18 Å². The van der Waals surface area contributed by atoms with Crippen molar-refractivity contribution in [2.24, 2.45) is 0 Å². The Labute approximate surface area is 191 Å². The fourth-order valence-electron chi connectivity index (χ4n) is 3.86. The lowest BCUT2D eigenvalue weighted by atomic mass is 10.1. The maximum atomic E-state index is 12.9. The Morgan fingerprint density at radius 2 is 1.74 bits per heavy atom. The maximum absolute atomic E-state index is 12.9. The molecule has 4 heterocycles. The molecule has 0 spiro atoms. The second-order valence-electron chi connectivity index (χ2n) is 7.55. The lowest BCUT2D eigenvalue weighted by Gasteiger charge is -2.15. The number of halogens is 3. The summed E-state index contributed by atoms with van der Waals surface area (Å²) < 4.78 is 42.3. The van der Waals surface area contributed by atoms with E-state index < -0.39 is 12.0 Å². The van der Waals surface area contributed by atoms with Crippen LogP contribution in [0.4, 0.5) is 19.0 Å². The topological polar surface area (TPSA) is 113 Å². The van der Waals surface area contributed by atoms with Crippen LogP contribution in [0.5, 0.6) is 0 Å². The molecule has 5 aromatic rings. The number of hydrogen-bond acceptors (Lipinski definition) is 7. The van der Waals surface area contributed by atoms with Gasteiger partial charge in [0.25, 0.3) is 0 Å². The van der Waals surface area contributed by atoms with Crippen LogP contribution in [0.25, 0.3) is 27.8 Å². The summed E-state index contributed by atoms with van der Waals surface area (Å²) in [5.74, 6) is -1.02. The van der Waals surface area contributed by atoms with Crippen LogP contribution in [0.2, 0.25) is 0 Å². The molecule has 9 nitrogen and oxygen atoms in total. The largest absolute Gasteiger partial charge is 0.451 e. The van der Waals surface area contributed by atoms with E-state index in [1.165, 1.54) is 6.33 Å². The van der Waals surface area contributed by atoms with Crippen molar-refractivity contribution in [1.82, 2.24) is 39.5 Å². The number of alkyl halides is 3. The third-order valence-electron chi connectivity index (χ3n) is 5.45. The van der Waals surface area contributed by atoms with Crippen LogP contribution in [-0.4, -0.2) is 39.5 Å². The molecular weight excluding hydrogens is 447 g/mol. The monoisotopic (exact) mass is 465 g/mol. The average Bonchev–Trinajstić information content (AvgIpc) is 3.47. The first kappa shape index (κ1) is 21.5. The van der Waals surface area contributed by atoms with Crippen LogP contribution < -0.4 is 5.73 Å². The molecule has 0 saturated heterocycles. The minimum absolute atomic E-state index is 0.196. The Morgan fingerprint density at radius 1 is 1.00 bits per heavy atom. The predicted molar refractivity (Wildman–Crippen MR) is 118 cm³/mol. The number of hydrogen-bond donors (Lipinski definition) is 1. The summed E-state index contributed by atoms with van der Waals surface area (Å²) in [7, 11) is 0. The molecule has 34 heavy (non-hydrogen) atoms. The molecule has 0 aliphatic heterocycles. The van der Waals surface area contributed by atoms with E-state index in [-0.39, 0.29) is 11.9 Å². The van der Waals surface area contributed by atoms with E-state index in [0.29, 0.717) is 34.3 Å². The lowest BCUT2D eigenvalue weighted by Crippen LogP contribution is -2.10. The van der Waals surface area contributed by atoms with Gasteiger partial charge in [-0.3, -0.25) is 0 Å². The van der Waals surface area contributed by atoms with E-state index in [2.05, 4.69) is 30.2 Å². The van der Waals surface area contributed by atoms with Gasteiger partial charge in [0.05, 0.1) is 23.3 Å². The number of nitrogen functional groups attached to an aromatic ring is 1. The van der Waals surface area contributed by atoms with E-state index in [1.807, 2.05) is 48.0 Å². The minimum Gasteiger partial charge on any atom is -0.383 e. The number of nitrogens with two attached hydrogens (primary N) is 1. The molecule has 0 bridgehead atoms. The molecule has 0 unspecified atom stereocenters. The number of aromatic nitrogens is 8. The van der Waals surface area contributed by atoms with Crippen molar-refractivity contribution in [1.29, 1.82) is 0 Å². The van der Waals surface area contributed by atoms with Gasteiger partial charge in [-0.25, -0.2) is 24.6 Å². The summed E-state index contributed by atoms with van der Waals surface area (Å²) in [4.78, 5) is 15.4. The Hall–Kier alpha value is -4.35. The highest BCUT2D eigenvalue weighted by molar-refractivity contribution is 6.00. The Bertz CT molecular complexity index is 1440. The number of fused-ring (bicyclic) bond motifs is 1. The highest BCUT2D eigenvalue weighted by atomic mass is 19.4. The molecular formula is C22H18F3N9. The summed E-state index contributed by atoms with van der Waals surface area (Å²) in [5, 5.41) is 9.10. The third kappa shape index (κ3) is 3.72. The van der Waals surface area contributed by atoms with Crippen LogP contribution in [0, 0.1) is 0 Å². The number of anilines is 1. The third-order valence-corrected chi connectivity index (χ3v) is 5.45. The van der Waals surface area contributed by atoms with Crippen molar-refractivity contribution in [3.63, 3.8) is 0 Å². The number of para-hydroxylation sites is 1. The Morgan fingerprint density at radius 3 is 2.41 bits per heavy atom. The highest BCUT2D eigenvalue weighted by Gasteiger charge is 2.34. The number of benzene rings is 1. The van der Waals surface area contributed by atoms with Crippen LogP contribution in [-0.2, 0) is 6.18 Å². The minimum atomic E-state index is -4.63. The average molecular weight is 465 g/mol. The van der Waals surface area contributed by atoms with Gasteiger partial charge in [0.1, 0.15) is 23.5 Å². The molecule has 0 fully saturated rings. The quantitative estimate of drug-likeness (QED) is 0.416. The summed E-state index contributed by atoms with van der Waals surface area (Å²) in [6, 6.07) is 9.30. The molecule has 0 aliphatic rings. The van der Waals surface area contributed by atoms with Crippen LogP contribution in [0.3, 0.4) is 0 Å². The van der Waals surface area contributed by atoms with E-state index in [0.717, 1.165) is 18.1 Å². The molecule has 2 N–H and O–H groups in total. The molecule has 0 saturated carbocycles. The van der Waals surface area contributed by atoms with E-state index in [9.17, 15) is 13.2 Å². The van der Waals surface area contributed by atoms with Crippen molar-refractivity contribution in [3.05, 3.63) is 73.0 Å². The van der Waals surface area contributed by atoms with Gasteiger partial charge in [0.15, 0.2) is 0 Å². The van der Waals surface area contributed by atoms with Crippen molar-refractivity contribution in [2.45, 2.75) is 25.6 Å². The van der Waals surface area contributed by atoms with Crippen LogP contribution in [0.1, 0.15) is 30.9 Å². The molecule has 12 heteroatoms. The van der Waals surface area contributed by atoms with Gasteiger partial charge in [-0.15, -0.1) is 5.10 Å². The molecule has 1 atom stereocenters. The number of nitrogens with zero attached hydrogens (tertiary/aromatic N) is 8. The summed E-state index contributed by atoms with van der Waals surface area (Å²) in [6.07, 6.45) is 3.19. The lowest BCUT2D eigenvalue weighted by molar-refractivity contribution is -0.144. The second-order valence-corrected chi connectivity index (χ2v) is 7.55. The smallest absolute Gasteiger partial charge is 0.383 e. The van der Waals surface area contributed by atoms with E-state index in [1.54, 1.807) is 10.9 Å². The van der Waals surface area contributed by atoms with Crippen LogP contribution >= 0.6 is 0 Å². The highest BCUT2D eigenvalue weighted by Crippen LogP contribution is 2.36. The second kappa shape index (κ2) is 8.21. The van der Waals surface area contributed by atoms with Gasteiger partial charge in [-0.05, 0) is 18.6 Å². The first-order chi connectivity index (χ1) is 16.4. The Kier molecular flexibility index (Phi) is 5.19. The molecule has 0 aliphatic carbocycles. The standard InChI is InChI=1S/C22H18F3N9/c1-2-17(16-11-34(32-31-16)14-6-4-3-5-7-14)33-10-15(18-19(26)29-12-30-20(18)33)13-8-27-21(28-9-13)22(23,24)25/h3-12,17H,2H2,1H3,(H2,26,29,30)/t17-/m0/s1. The zero-order chi connectivity index (χ0) is 23.9. The van der Waals surface area contributed by atoms with Crippen molar-refractivity contribution < 1.29 is 13.2 Å². The summed E-state index contributed by atoms with van der Waals surface area (Å²) in [5.41, 5.74) is 9.11. The van der Waals surface area contributed by atoms with Gasteiger partial charge < -0.3 is 10.3 Å². The van der Waals surface area contributed by atoms with Gasteiger partial charge in [0, 0.05) is 29.7 Å². The Balaban J connectivity index is 1.62. The zero-order valence-electron chi connectivity index (χ0n) is 17.8. The first-order valence-electron chi connectivity index (χ1n) is 10.3. The molecule has 172 valence electrons. The van der Waals surface area contributed by atoms with Crippen molar-refractivity contribution >= 4 is 16.9 Å². The van der Waals surface area contributed by atoms with Gasteiger partial charge in [-0.1, -0.05) is 30.3 Å².